The van der Waals surface area contributed by atoms with Crippen LogP contribution < -0.4 is 0 Å². The molecule has 1 heterocycles. The van der Waals surface area contributed by atoms with E-state index < -0.39 is 0 Å². The number of hydrogen-bond donors (Lipinski definition) is 0. The monoisotopic (exact) mass is 263 g/mol. The lowest BCUT2D eigenvalue weighted by atomic mass is 9.71. The van der Waals surface area contributed by atoms with E-state index >= 15 is 0 Å². The summed E-state index contributed by atoms with van der Waals surface area (Å²) in [6.07, 6.45) is 10.6. The molecule has 0 aliphatic rings. The summed E-state index contributed by atoms with van der Waals surface area (Å²) in [5, 5.41) is 0. The average molecular weight is 263 g/mol. The number of aromatic nitrogens is 1. The second-order valence-electron chi connectivity index (χ2n) is 5.16. The van der Waals surface area contributed by atoms with Gasteiger partial charge in [-0.1, -0.05) is 42.5 Å². The molecule has 0 aliphatic heterocycles. The van der Waals surface area contributed by atoms with E-state index in [9.17, 15) is 0 Å². The highest BCUT2D eigenvalue weighted by Gasteiger charge is 2.29. The van der Waals surface area contributed by atoms with Crippen molar-refractivity contribution >= 4 is 0 Å². The predicted molar refractivity (Wildman–Crippen MR) is 85.7 cm³/mol. The third-order valence-corrected chi connectivity index (χ3v) is 3.75. The summed E-state index contributed by atoms with van der Waals surface area (Å²) in [6, 6.07) is 14.8. The number of rotatable bonds is 7. The normalized spacial score (nSPS) is 11.0. The summed E-state index contributed by atoms with van der Waals surface area (Å²) < 4.78 is 0. The topological polar surface area (TPSA) is 12.9 Å². The van der Waals surface area contributed by atoms with Gasteiger partial charge >= 0.3 is 0 Å². The van der Waals surface area contributed by atoms with E-state index in [2.05, 4.69) is 60.6 Å². The Morgan fingerprint density at radius 3 is 2.05 bits per heavy atom. The molecule has 2 aromatic rings. The molecule has 0 amide bonds. The summed E-state index contributed by atoms with van der Waals surface area (Å²) in [4.78, 5) is 4.13. The van der Waals surface area contributed by atoms with Gasteiger partial charge in [0.25, 0.3) is 0 Å². The first-order valence-corrected chi connectivity index (χ1v) is 6.97. The summed E-state index contributed by atoms with van der Waals surface area (Å²) in [6.45, 7) is 7.89. The van der Waals surface area contributed by atoms with Crippen LogP contribution in [-0.2, 0) is 11.8 Å². The first kappa shape index (κ1) is 14.3. The van der Waals surface area contributed by atoms with Gasteiger partial charge < -0.3 is 0 Å². The van der Waals surface area contributed by atoms with Crippen LogP contribution in [0.25, 0.3) is 0 Å². The van der Waals surface area contributed by atoms with Crippen LogP contribution in [0.3, 0.4) is 0 Å². The zero-order valence-electron chi connectivity index (χ0n) is 11.8. The Morgan fingerprint density at radius 2 is 1.50 bits per heavy atom. The van der Waals surface area contributed by atoms with Gasteiger partial charge in [-0.05, 0) is 42.5 Å². The molecule has 0 N–H and O–H groups in total. The zero-order valence-corrected chi connectivity index (χ0v) is 11.8. The lowest BCUT2D eigenvalue weighted by molar-refractivity contribution is 0.432. The molecule has 0 unspecified atom stereocenters. The lowest BCUT2D eigenvalue weighted by Gasteiger charge is -2.33. The first-order chi connectivity index (χ1) is 9.80. The van der Waals surface area contributed by atoms with Crippen molar-refractivity contribution in [3.63, 3.8) is 0 Å². The molecule has 1 aromatic carbocycles. The fraction of sp³-hybridized carbons (Fsp3) is 0.211. The van der Waals surface area contributed by atoms with Gasteiger partial charge in [-0.25, -0.2) is 0 Å². The summed E-state index contributed by atoms with van der Waals surface area (Å²) in [7, 11) is 0. The van der Waals surface area contributed by atoms with Gasteiger partial charge in [-0.3, -0.25) is 4.98 Å². The van der Waals surface area contributed by atoms with E-state index in [4.69, 9.17) is 0 Å². The van der Waals surface area contributed by atoms with Crippen LogP contribution in [0.2, 0.25) is 0 Å². The van der Waals surface area contributed by atoms with Gasteiger partial charge in [0.1, 0.15) is 0 Å². The molecule has 0 saturated carbocycles. The Kier molecular flexibility index (Phi) is 4.89. The van der Waals surface area contributed by atoms with E-state index in [1.54, 1.807) is 0 Å². The maximum atomic E-state index is 4.13. The third kappa shape index (κ3) is 3.24. The molecule has 0 atom stereocenters. The minimum atomic E-state index is 0.0216. The molecule has 1 nitrogen and oxygen atoms in total. The Bertz CT molecular complexity index is 532. The number of allylic oxidation sites excluding steroid dienone is 2. The lowest BCUT2D eigenvalue weighted by Crippen LogP contribution is -2.28. The maximum Gasteiger partial charge on any atom is 0.0270 e. The molecule has 102 valence electrons. The zero-order chi connectivity index (χ0) is 14.3. The second kappa shape index (κ2) is 6.85. The highest BCUT2D eigenvalue weighted by atomic mass is 14.6. The minimum absolute atomic E-state index is 0.0216. The van der Waals surface area contributed by atoms with Gasteiger partial charge in [-0.2, -0.15) is 0 Å². The quantitative estimate of drug-likeness (QED) is 0.659. The molecule has 1 heteroatoms. The summed E-state index contributed by atoms with van der Waals surface area (Å²) >= 11 is 0. The van der Waals surface area contributed by atoms with Crippen molar-refractivity contribution in [2.75, 3.05) is 0 Å². The number of benzene rings is 1. The number of pyridine rings is 1. The van der Waals surface area contributed by atoms with Gasteiger partial charge in [0.05, 0.1) is 0 Å². The second-order valence-corrected chi connectivity index (χ2v) is 5.16. The van der Waals surface area contributed by atoms with Crippen molar-refractivity contribution in [2.24, 2.45) is 0 Å². The average Bonchev–Trinajstić information content (AvgIpc) is 2.49. The number of hydrogen-bond acceptors (Lipinski definition) is 1. The highest BCUT2D eigenvalue weighted by molar-refractivity contribution is 5.30. The van der Waals surface area contributed by atoms with Crippen molar-refractivity contribution in [3.05, 3.63) is 91.3 Å². The van der Waals surface area contributed by atoms with Crippen LogP contribution in [0.5, 0.6) is 0 Å². The van der Waals surface area contributed by atoms with E-state index in [1.807, 2.05) is 24.5 Å². The maximum absolute atomic E-state index is 4.13. The number of nitrogens with zero attached hydrogens (tertiary/aromatic N) is 1. The van der Waals surface area contributed by atoms with Crippen molar-refractivity contribution in [3.8, 4) is 0 Å². The molecule has 20 heavy (non-hydrogen) atoms. The Balaban J connectivity index is 2.41. The fourth-order valence-electron chi connectivity index (χ4n) is 2.81. The Labute approximate surface area is 121 Å². The van der Waals surface area contributed by atoms with Crippen LogP contribution in [-0.4, -0.2) is 4.98 Å². The molecule has 0 aliphatic carbocycles. The summed E-state index contributed by atoms with van der Waals surface area (Å²) in [5.41, 5.74) is 2.66. The standard InChI is InChI=1S/C19H21N/c1-3-12-19(13-4-2,18-10-14-20-15-11-18)16-17-8-6-5-7-9-17/h3-11,14-15H,1-2,12-13,16H2. The highest BCUT2D eigenvalue weighted by Crippen LogP contribution is 2.36. The fourth-order valence-corrected chi connectivity index (χ4v) is 2.81. The minimum Gasteiger partial charge on any atom is -0.265 e. The molecule has 0 radical (unpaired) electrons. The van der Waals surface area contributed by atoms with E-state index in [1.165, 1.54) is 11.1 Å². The Hall–Kier alpha value is -2.15. The third-order valence-electron chi connectivity index (χ3n) is 3.75. The van der Waals surface area contributed by atoms with Gasteiger partial charge in [0.15, 0.2) is 0 Å². The van der Waals surface area contributed by atoms with Crippen molar-refractivity contribution in [1.29, 1.82) is 0 Å². The predicted octanol–water partition coefficient (Wildman–Crippen LogP) is 4.71. The summed E-state index contributed by atoms with van der Waals surface area (Å²) in [5.74, 6) is 0. The largest absolute Gasteiger partial charge is 0.265 e. The van der Waals surface area contributed by atoms with Crippen molar-refractivity contribution < 1.29 is 0 Å². The molecule has 0 spiro atoms. The van der Waals surface area contributed by atoms with Crippen molar-refractivity contribution in [1.82, 2.24) is 4.98 Å². The van der Waals surface area contributed by atoms with E-state index in [0.717, 1.165) is 19.3 Å². The molecule has 0 bridgehead atoms. The van der Waals surface area contributed by atoms with Gasteiger partial charge in [0, 0.05) is 17.8 Å². The molecular weight excluding hydrogens is 242 g/mol. The van der Waals surface area contributed by atoms with Crippen LogP contribution in [0.15, 0.2) is 80.2 Å². The van der Waals surface area contributed by atoms with Crippen LogP contribution in [0, 0.1) is 0 Å². The SMILES string of the molecule is C=CCC(CC=C)(Cc1ccccc1)c1ccncc1. The Morgan fingerprint density at radius 1 is 0.900 bits per heavy atom. The van der Waals surface area contributed by atoms with E-state index in [-0.39, 0.29) is 5.41 Å². The van der Waals surface area contributed by atoms with Gasteiger partial charge in [-0.15, -0.1) is 13.2 Å². The van der Waals surface area contributed by atoms with E-state index in [0.29, 0.717) is 0 Å². The van der Waals surface area contributed by atoms with Crippen LogP contribution >= 0.6 is 0 Å². The molecule has 2 rings (SSSR count). The molecule has 1 aromatic heterocycles. The first-order valence-electron chi connectivity index (χ1n) is 6.97. The molecule has 0 saturated heterocycles. The van der Waals surface area contributed by atoms with Crippen LogP contribution in [0.1, 0.15) is 24.0 Å². The van der Waals surface area contributed by atoms with Crippen molar-refractivity contribution in [2.45, 2.75) is 24.7 Å². The molecule has 0 fully saturated rings. The molecular formula is C19H21N. The smallest absolute Gasteiger partial charge is 0.0270 e. The van der Waals surface area contributed by atoms with Gasteiger partial charge in [0.2, 0.25) is 0 Å². The van der Waals surface area contributed by atoms with Crippen LogP contribution in [0.4, 0.5) is 0 Å².